The van der Waals surface area contributed by atoms with Crippen molar-refractivity contribution in [2.24, 2.45) is 0 Å². The van der Waals surface area contributed by atoms with Crippen molar-refractivity contribution in [3.05, 3.63) is 54.1 Å². The van der Waals surface area contributed by atoms with Crippen LogP contribution in [-0.4, -0.2) is 48.6 Å². The van der Waals surface area contributed by atoms with Gasteiger partial charge in [-0.25, -0.2) is 0 Å². The van der Waals surface area contributed by atoms with E-state index in [0.717, 1.165) is 31.9 Å². The monoisotopic (exact) mass is 350 g/mol. The third-order valence-corrected chi connectivity index (χ3v) is 4.57. The summed E-state index contributed by atoms with van der Waals surface area (Å²) in [6.07, 6.45) is 0.385. The third-order valence-electron chi connectivity index (χ3n) is 4.57. The minimum absolute atomic E-state index is 0.0872. The maximum atomic E-state index is 12.2. The number of aromatic hydroxyl groups is 1. The molecule has 6 nitrogen and oxygen atoms in total. The van der Waals surface area contributed by atoms with Crippen LogP contribution in [-0.2, 0) is 4.79 Å². The molecule has 0 aliphatic carbocycles. The van der Waals surface area contributed by atoms with Crippen molar-refractivity contribution in [3.63, 3.8) is 0 Å². The molecule has 0 spiro atoms. The summed E-state index contributed by atoms with van der Waals surface area (Å²) >= 11 is 0. The fraction of sp³-hybridized carbons (Fsp3) is 0.300. The summed E-state index contributed by atoms with van der Waals surface area (Å²) in [6.45, 7) is 3.99. The van der Waals surface area contributed by atoms with Gasteiger partial charge >= 0.3 is 0 Å². The summed E-state index contributed by atoms with van der Waals surface area (Å²) in [7, 11) is 0. The van der Waals surface area contributed by atoms with Gasteiger partial charge in [0.25, 0.3) is 0 Å². The Labute approximate surface area is 153 Å². The Morgan fingerprint density at radius 2 is 1.77 bits per heavy atom. The molecule has 3 rings (SSSR count). The Hall–Kier alpha value is -3.04. The molecule has 0 bridgehead atoms. The van der Waals surface area contributed by atoms with Gasteiger partial charge in [-0.15, -0.1) is 0 Å². The lowest BCUT2D eigenvalue weighted by molar-refractivity contribution is -0.116. The summed E-state index contributed by atoms with van der Waals surface area (Å²) < 4.78 is 0. The highest BCUT2D eigenvalue weighted by atomic mass is 16.3. The molecular weight excluding hydrogens is 328 g/mol. The average molecular weight is 350 g/mol. The van der Waals surface area contributed by atoms with Crippen LogP contribution in [0.4, 0.5) is 11.4 Å². The van der Waals surface area contributed by atoms with Gasteiger partial charge in [0.1, 0.15) is 11.8 Å². The molecule has 2 N–H and O–H groups in total. The number of benzene rings is 2. The number of carbonyl (C=O) groups is 1. The smallest absolute Gasteiger partial charge is 0.225 e. The van der Waals surface area contributed by atoms with E-state index >= 15 is 0 Å². The number of hydrogen-bond donors (Lipinski definition) is 2. The van der Waals surface area contributed by atoms with E-state index in [2.05, 4.69) is 21.2 Å². The number of phenolic OH excluding ortho intramolecular Hbond substituents is 1. The number of nitriles is 1. The largest absolute Gasteiger partial charge is 0.506 e. The zero-order valence-electron chi connectivity index (χ0n) is 14.6. The quantitative estimate of drug-likeness (QED) is 0.866. The molecule has 1 saturated heterocycles. The summed E-state index contributed by atoms with van der Waals surface area (Å²) in [6, 6.07) is 16.4. The molecule has 0 radical (unpaired) electrons. The van der Waals surface area contributed by atoms with Crippen LogP contribution in [0.3, 0.4) is 0 Å². The Balaban J connectivity index is 1.46. The van der Waals surface area contributed by atoms with Gasteiger partial charge in [-0.05, 0) is 24.3 Å². The van der Waals surface area contributed by atoms with Crippen molar-refractivity contribution >= 4 is 17.3 Å². The van der Waals surface area contributed by atoms with Crippen LogP contribution < -0.4 is 10.2 Å². The van der Waals surface area contributed by atoms with E-state index in [4.69, 9.17) is 5.26 Å². The molecule has 1 aliphatic rings. The second-order valence-electron chi connectivity index (χ2n) is 6.27. The second kappa shape index (κ2) is 8.37. The SMILES string of the molecule is N#Cc1ccccc1NC(=O)CCN1CCN(c2ccccc2O)CC1. The molecule has 1 amide bonds. The van der Waals surface area contributed by atoms with Gasteiger partial charge in [0.2, 0.25) is 5.91 Å². The molecule has 1 aliphatic heterocycles. The van der Waals surface area contributed by atoms with Crippen LogP contribution in [0.5, 0.6) is 5.75 Å². The maximum Gasteiger partial charge on any atom is 0.225 e. The first-order valence-corrected chi connectivity index (χ1v) is 8.71. The Kier molecular flexibility index (Phi) is 5.72. The molecule has 1 heterocycles. The molecule has 2 aromatic carbocycles. The predicted octanol–water partition coefficient (Wildman–Crippen LogP) is 2.41. The van der Waals surface area contributed by atoms with E-state index in [-0.39, 0.29) is 5.91 Å². The predicted molar refractivity (Wildman–Crippen MR) is 101 cm³/mol. The summed E-state index contributed by atoms with van der Waals surface area (Å²) in [4.78, 5) is 16.6. The van der Waals surface area contributed by atoms with Gasteiger partial charge in [-0.2, -0.15) is 5.26 Å². The average Bonchev–Trinajstić information content (AvgIpc) is 2.68. The number of piperazine rings is 1. The minimum atomic E-state index is -0.0872. The van der Waals surface area contributed by atoms with E-state index in [1.807, 2.05) is 18.2 Å². The molecule has 0 saturated carbocycles. The molecular formula is C20H22N4O2. The standard InChI is InChI=1S/C20H22N4O2/c21-15-16-5-1-2-6-17(16)22-20(26)9-10-23-11-13-24(14-12-23)18-7-3-4-8-19(18)25/h1-8,25H,9-14H2,(H,22,26). The van der Waals surface area contributed by atoms with Crippen molar-refractivity contribution < 1.29 is 9.90 Å². The van der Waals surface area contributed by atoms with E-state index in [1.54, 1.807) is 30.3 Å². The highest BCUT2D eigenvalue weighted by Crippen LogP contribution is 2.27. The fourth-order valence-corrected chi connectivity index (χ4v) is 3.11. The lowest BCUT2D eigenvalue weighted by atomic mass is 10.2. The maximum absolute atomic E-state index is 12.2. The molecule has 134 valence electrons. The normalized spacial score (nSPS) is 14.7. The number of amides is 1. The van der Waals surface area contributed by atoms with Gasteiger partial charge in [0.05, 0.1) is 16.9 Å². The number of nitrogens with zero attached hydrogens (tertiary/aromatic N) is 3. The van der Waals surface area contributed by atoms with Crippen LogP contribution in [0.2, 0.25) is 0 Å². The highest BCUT2D eigenvalue weighted by molar-refractivity contribution is 5.92. The van der Waals surface area contributed by atoms with Gasteiger partial charge in [0, 0.05) is 39.1 Å². The Bertz CT molecular complexity index is 807. The Morgan fingerprint density at radius 3 is 2.50 bits per heavy atom. The lowest BCUT2D eigenvalue weighted by Crippen LogP contribution is -2.47. The van der Waals surface area contributed by atoms with Gasteiger partial charge in [0.15, 0.2) is 0 Å². The Morgan fingerprint density at radius 1 is 1.08 bits per heavy atom. The first-order chi connectivity index (χ1) is 12.7. The molecule has 6 heteroatoms. The van der Waals surface area contributed by atoms with Gasteiger partial charge < -0.3 is 15.3 Å². The number of carbonyl (C=O) groups excluding carboxylic acids is 1. The molecule has 1 fully saturated rings. The number of nitrogens with one attached hydrogen (secondary N) is 1. The van der Waals surface area contributed by atoms with Crippen LogP contribution in [0, 0.1) is 11.3 Å². The number of anilines is 2. The van der Waals surface area contributed by atoms with Crippen LogP contribution in [0.15, 0.2) is 48.5 Å². The second-order valence-corrected chi connectivity index (χ2v) is 6.27. The van der Waals surface area contributed by atoms with Crippen LogP contribution in [0.1, 0.15) is 12.0 Å². The van der Waals surface area contributed by atoms with Crippen molar-refractivity contribution in [1.82, 2.24) is 4.90 Å². The number of rotatable bonds is 5. The van der Waals surface area contributed by atoms with Crippen LogP contribution in [0.25, 0.3) is 0 Å². The third kappa shape index (κ3) is 4.32. The summed E-state index contributed by atoms with van der Waals surface area (Å²) in [5.41, 5.74) is 1.89. The summed E-state index contributed by atoms with van der Waals surface area (Å²) in [5, 5.41) is 21.8. The zero-order valence-corrected chi connectivity index (χ0v) is 14.6. The first kappa shape index (κ1) is 17.8. The summed E-state index contributed by atoms with van der Waals surface area (Å²) in [5.74, 6) is 0.215. The number of hydrogen-bond acceptors (Lipinski definition) is 5. The van der Waals surface area contributed by atoms with E-state index in [1.165, 1.54) is 0 Å². The zero-order chi connectivity index (χ0) is 18.4. The van der Waals surface area contributed by atoms with E-state index in [9.17, 15) is 9.90 Å². The minimum Gasteiger partial charge on any atom is -0.506 e. The van der Waals surface area contributed by atoms with E-state index < -0.39 is 0 Å². The van der Waals surface area contributed by atoms with Crippen molar-refractivity contribution in [2.75, 3.05) is 42.9 Å². The number of phenols is 1. The van der Waals surface area contributed by atoms with Crippen LogP contribution >= 0.6 is 0 Å². The van der Waals surface area contributed by atoms with Crippen molar-refractivity contribution in [3.8, 4) is 11.8 Å². The molecule has 26 heavy (non-hydrogen) atoms. The number of para-hydroxylation sites is 3. The van der Waals surface area contributed by atoms with Crippen molar-refractivity contribution in [1.29, 1.82) is 5.26 Å². The highest BCUT2D eigenvalue weighted by Gasteiger charge is 2.19. The molecule has 0 atom stereocenters. The van der Waals surface area contributed by atoms with Gasteiger partial charge in [-0.1, -0.05) is 24.3 Å². The first-order valence-electron chi connectivity index (χ1n) is 8.71. The van der Waals surface area contributed by atoms with E-state index in [0.29, 0.717) is 30.0 Å². The van der Waals surface area contributed by atoms with Gasteiger partial charge in [-0.3, -0.25) is 9.69 Å². The fourth-order valence-electron chi connectivity index (χ4n) is 3.11. The lowest BCUT2D eigenvalue weighted by Gasteiger charge is -2.36. The molecule has 0 unspecified atom stereocenters. The topological polar surface area (TPSA) is 79.6 Å². The molecule has 2 aromatic rings. The van der Waals surface area contributed by atoms with Crippen molar-refractivity contribution in [2.45, 2.75) is 6.42 Å². The molecule has 0 aromatic heterocycles.